The number of pyridine rings is 1. The van der Waals surface area contributed by atoms with Crippen LogP contribution in [-0.4, -0.2) is 21.2 Å². The number of methoxy groups -OCH3 is 1. The van der Waals surface area contributed by atoms with Crippen LogP contribution in [0.2, 0.25) is 5.02 Å². The molecule has 0 saturated heterocycles. The number of nitriles is 1. The van der Waals surface area contributed by atoms with Gasteiger partial charge in [0.1, 0.15) is 10.5 Å². The molecule has 3 aromatic heterocycles. The zero-order chi connectivity index (χ0) is 25.6. The van der Waals surface area contributed by atoms with Crippen LogP contribution in [0, 0.1) is 23.0 Å². The minimum atomic E-state index is -0.743. The van der Waals surface area contributed by atoms with E-state index in [1.807, 2.05) is 6.07 Å². The van der Waals surface area contributed by atoms with Gasteiger partial charge in [0.15, 0.2) is 11.6 Å². The fraction of sp³-hybridized carbons (Fsp3) is 0.120. The van der Waals surface area contributed by atoms with E-state index < -0.39 is 22.9 Å². The molecular weight excluding hydrogens is 510 g/mol. The van der Waals surface area contributed by atoms with Crippen molar-refractivity contribution in [2.45, 2.75) is 13.0 Å². The van der Waals surface area contributed by atoms with Gasteiger partial charge in [0.05, 0.1) is 42.0 Å². The van der Waals surface area contributed by atoms with Crippen LogP contribution in [-0.2, 0) is 6.54 Å². The molecule has 0 aliphatic carbocycles. The number of benzene rings is 2. The highest BCUT2D eigenvalue weighted by atomic mass is 35.5. The Morgan fingerprint density at radius 3 is 2.72 bits per heavy atom. The van der Waals surface area contributed by atoms with Crippen LogP contribution >= 0.6 is 22.9 Å². The van der Waals surface area contributed by atoms with Crippen LogP contribution in [0.1, 0.15) is 6.42 Å². The van der Waals surface area contributed by atoms with Crippen molar-refractivity contribution in [1.29, 1.82) is 5.26 Å². The summed E-state index contributed by atoms with van der Waals surface area (Å²) < 4.78 is 36.3. The van der Waals surface area contributed by atoms with Gasteiger partial charge in [-0.2, -0.15) is 5.26 Å². The predicted octanol–water partition coefficient (Wildman–Crippen LogP) is 5.28. The number of hydrogen-bond acceptors (Lipinski definition) is 6. The van der Waals surface area contributed by atoms with Crippen molar-refractivity contribution in [3.05, 3.63) is 86.3 Å². The molecule has 0 amide bonds. The van der Waals surface area contributed by atoms with Gasteiger partial charge in [-0.1, -0.05) is 23.7 Å². The van der Waals surface area contributed by atoms with Crippen LogP contribution in [0.5, 0.6) is 5.75 Å². The van der Waals surface area contributed by atoms with E-state index >= 15 is 0 Å². The monoisotopic (exact) mass is 524 g/mol. The second-order valence-corrected chi connectivity index (χ2v) is 9.23. The maximum Gasteiger partial charge on any atom is 0.336 e. The molecule has 0 unspecified atom stereocenters. The first-order valence-electron chi connectivity index (χ1n) is 10.6. The highest BCUT2D eigenvalue weighted by Crippen LogP contribution is 2.39. The molecule has 0 radical (unpaired) electrons. The summed E-state index contributed by atoms with van der Waals surface area (Å²) in [7, 11) is 1.32. The SMILES string of the molecule is COc1cc(-c2cc3c(s2)c(=O)n(-c2cncc4cccc(F)c24)c(=O)n3CCC#N)c(Cl)cc1F. The third-order valence-corrected chi connectivity index (χ3v) is 7.19. The minimum absolute atomic E-state index is 0.00827. The number of nitrogens with zero attached hydrogens (tertiary/aromatic N) is 4. The third-order valence-electron chi connectivity index (χ3n) is 5.73. The van der Waals surface area contributed by atoms with Gasteiger partial charge in [0.25, 0.3) is 5.56 Å². The summed E-state index contributed by atoms with van der Waals surface area (Å²) in [5, 5.41) is 9.73. The van der Waals surface area contributed by atoms with Gasteiger partial charge in [-0.3, -0.25) is 14.3 Å². The Kier molecular flexibility index (Phi) is 6.04. The molecule has 7 nitrogen and oxygen atoms in total. The maximum absolute atomic E-state index is 14.8. The van der Waals surface area contributed by atoms with Crippen LogP contribution in [0.4, 0.5) is 8.78 Å². The second-order valence-electron chi connectivity index (χ2n) is 7.77. The molecule has 0 aliphatic heterocycles. The van der Waals surface area contributed by atoms with E-state index in [1.165, 1.54) is 42.3 Å². The molecule has 36 heavy (non-hydrogen) atoms. The number of rotatable bonds is 5. The largest absolute Gasteiger partial charge is 0.494 e. The quantitative estimate of drug-likeness (QED) is 0.312. The fourth-order valence-electron chi connectivity index (χ4n) is 4.09. The summed E-state index contributed by atoms with van der Waals surface area (Å²) in [6, 6.07) is 10.5. The van der Waals surface area contributed by atoms with Crippen molar-refractivity contribution in [3.8, 4) is 27.9 Å². The van der Waals surface area contributed by atoms with Crippen molar-refractivity contribution in [1.82, 2.24) is 14.1 Å². The molecule has 180 valence electrons. The Hall–Kier alpha value is -4.07. The fourth-order valence-corrected chi connectivity index (χ4v) is 5.52. The molecule has 0 fully saturated rings. The highest BCUT2D eigenvalue weighted by Gasteiger charge is 2.22. The Morgan fingerprint density at radius 2 is 1.97 bits per heavy atom. The lowest BCUT2D eigenvalue weighted by atomic mass is 10.1. The zero-order valence-electron chi connectivity index (χ0n) is 18.6. The Bertz CT molecular complexity index is 1830. The van der Waals surface area contributed by atoms with Gasteiger partial charge < -0.3 is 4.74 Å². The molecule has 0 aliphatic rings. The Balaban J connectivity index is 1.86. The predicted molar refractivity (Wildman–Crippen MR) is 134 cm³/mol. The smallest absolute Gasteiger partial charge is 0.336 e. The zero-order valence-corrected chi connectivity index (χ0v) is 20.2. The van der Waals surface area contributed by atoms with E-state index in [9.17, 15) is 18.4 Å². The topological polar surface area (TPSA) is 89.9 Å². The van der Waals surface area contributed by atoms with Crippen molar-refractivity contribution < 1.29 is 13.5 Å². The number of thiophene rings is 1. The first-order chi connectivity index (χ1) is 17.3. The Labute approximate surface area is 211 Å². The molecule has 3 heterocycles. The number of hydrogen-bond donors (Lipinski definition) is 0. The third kappa shape index (κ3) is 3.73. The van der Waals surface area contributed by atoms with E-state index in [-0.39, 0.29) is 45.0 Å². The molecule has 0 saturated carbocycles. The average molecular weight is 525 g/mol. The average Bonchev–Trinajstić information content (AvgIpc) is 3.30. The van der Waals surface area contributed by atoms with E-state index in [1.54, 1.807) is 12.1 Å². The van der Waals surface area contributed by atoms with Crippen molar-refractivity contribution in [2.24, 2.45) is 0 Å². The lowest BCUT2D eigenvalue weighted by molar-refractivity contribution is 0.387. The molecule has 5 rings (SSSR count). The number of aryl methyl sites for hydroxylation is 1. The highest BCUT2D eigenvalue weighted by molar-refractivity contribution is 7.22. The van der Waals surface area contributed by atoms with E-state index in [4.69, 9.17) is 21.6 Å². The number of fused-ring (bicyclic) bond motifs is 2. The van der Waals surface area contributed by atoms with Crippen molar-refractivity contribution >= 4 is 43.9 Å². The standard InChI is InChI=1S/C25H15ClF2N4O3S/c1-35-20-8-14(15(26)9-17(20)28)21-10-18-23(36-21)24(33)32(25(34)31(18)7-3-6-29)19-12-30-11-13-4-2-5-16(27)22(13)19/h2,4-5,8-12H,3,7H2,1H3. The molecular formula is C25H15ClF2N4O3S. The molecule has 0 N–H and O–H groups in total. The summed E-state index contributed by atoms with van der Waals surface area (Å²) in [4.78, 5) is 31.8. The number of ether oxygens (including phenoxy) is 1. The van der Waals surface area contributed by atoms with Gasteiger partial charge in [-0.15, -0.1) is 11.3 Å². The second kappa shape index (κ2) is 9.18. The molecule has 11 heteroatoms. The normalized spacial score (nSPS) is 11.2. The first kappa shape index (κ1) is 23.7. The van der Waals surface area contributed by atoms with Gasteiger partial charge in [-0.25, -0.2) is 18.1 Å². The summed E-state index contributed by atoms with van der Waals surface area (Å²) >= 11 is 7.33. The summed E-state index contributed by atoms with van der Waals surface area (Å²) in [6.07, 6.45) is 2.68. The van der Waals surface area contributed by atoms with Crippen LogP contribution in [0.15, 0.2) is 58.4 Å². The van der Waals surface area contributed by atoms with E-state index in [0.29, 0.717) is 15.8 Å². The van der Waals surface area contributed by atoms with E-state index in [2.05, 4.69) is 4.98 Å². The van der Waals surface area contributed by atoms with Gasteiger partial charge in [0, 0.05) is 34.0 Å². The number of aromatic nitrogens is 3. The minimum Gasteiger partial charge on any atom is -0.494 e. The summed E-state index contributed by atoms with van der Waals surface area (Å²) in [5.41, 5.74) is -0.747. The summed E-state index contributed by atoms with van der Waals surface area (Å²) in [6.45, 7) is -0.0105. The first-order valence-corrected chi connectivity index (χ1v) is 11.8. The molecule has 0 atom stereocenters. The van der Waals surface area contributed by atoms with E-state index in [0.717, 1.165) is 22.0 Å². The van der Waals surface area contributed by atoms with Crippen molar-refractivity contribution in [3.63, 3.8) is 0 Å². The summed E-state index contributed by atoms with van der Waals surface area (Å²) in [5.74, 6) is -1.30. The van der Waals surface area contributed by atoms with Crippen LogP contribution < -0.4 is 16.0 Å². The van der Waals surface area contributed by atoms with Gasteiger partial charge in [0.2, 0.25) is 0 Å². The van der Waals surface area contributed by atoms with Crippen LogP contribution in [0.25, 0.3) is 37.1 Å². The molecule has 2 aromatic carbocycles. The number of halogens is 3. The Morgan fingerprint density at radius 1 is 1.17 bits per heavy atom. The van der Waals surface area contributed by atoms with Crippen LogP contribution in [0.3, 0.4) is 0 Å². The van der Waals surface area contributed by atoms with Gasteiger partial charge >= 0.3 is 5.69 Å². The maximum atomic E-state index is 14.8. The van der Waals surface area contributed by atoms with Crippen molar-refractivity contribution in [2.75, 3.05) is 7.11 Å². The molecule has 0 spiro atoms. The molecule has 0 bridgehead atoms. The lowest BCUT2D eigenvalue weighted by Gasteiger charge is -2.13. The lowest BCUT2D eigenvalue weighted by Crippen LogP contribution is -2.38. The molecule has 5 aromatic rings. The van der Waals surface area contributed by atoms with Gasteiger partial charge in [-0.05, 0) is 24.3 Å².